The number of hydrogen-bond donors (Lipinski definition) is 2. The van der Waals surface area contributed by atoms with Crippen molar-refractivity contribution in [2.75, 3.05) is 19.8 Å². The summed E-state index contributed by atoms with van der Waals surface area (Å²) in [5, 5.41) is 11.4. The van der Waals surface area contributed by atoms with Crippen LogP contribution in [0.1, 0.15) is 31.2 Å². The average Bonchev–Trinajstić information content (AvgIpc) is 2.98. The summed E-state index contributed by atoms with van der Waals surface area (Å²) >= 11 is 3.41. The third kappa shape index (κ3) is 4.08. The Kier molecular flexibility index (Phi) is 5.97. The van der Waals surface area contributed by atoms with Crippen molar-refractivity contribution < 1.29 is 19.4 Å². The van der Waals surface area contributed by atoms with E-state index in [2.05, 4.69) is 21.2 Å². The van der Waals surface area contributed by atoms with Crippen LogP contribution in [0.25, 0.3) is 0 Å². The minimum atomic E-state index is -1.01. The molecule has 1 amide bonds. The van der Waals surface area contributed by atoms with Crippen LogP contribution in [0.5, 0.6) is 0 Å². The second-order valence-corrected chi connectivity index (χ2v) is 6.41. The summed E-state index contributed by atoms with van der Waals surface area (Å²) in [6.07, 6.45) is 3.77. The van der Waals surface area contributed by atoms with Gasteiger partial charge in [-0.15, -0.1) is 0 Å². The molecule has 1 aliphatic carbocycles. The number of hydrogen-bond acceptors (Lipinski definition) is 3. The van der Waals surface area contributed by atoms with Gasteiger partial charge in [0.15, 0.2) is 0 Å². The van der Waals surface area contributed by atoms with Crippen LogP contribution in [0.2, 0.25) is 0 Å². The normalized spacial score (nSPS) is 16.4. The number of carboxylic acids is 1. The molecule has 0 radical (unpaired) electrons. The van der Waals surface area contributed by atoms with E-state index in [1.165, 1.54) is 0 Å². The van der Waals surface area contributed by atoms with E-state index in [9.17, 15) is 9.59 Å². The van der Waals surface area contributed by atoms with Crippen LogP contribution in [0.4, 0.5) is 0 Å². The highest BCUT2D eigenvalue weighted by Gasteiger charge is 2.42. The molecule has 1 aromatic carbocycles. The molecule has 5 nitrogen and oxygen atoms in total. The van der Waals surface area contributed by atoms with Crippen molar-refractivity contribution in [2.45, 2.75) is 31.1 Å². The molecular formula is C16H20BrNO4. The maximum Gasteiger partial charge on any atom is 0.329 e. The van der Waals surface area contributed by atoms with Crippen LogP contribution in [0.15, 0.2) is 28.7 Å². The Hall–Kier alpha value is -1.40. The third-order valence-corrected chi connectivity index (χ3v) is 4.57. The summed E-state index contributed by atoms with van der Waals surface area (Å²) < 4.78 is 5.93. The van der Waals surface area contributed by atoms with Crippen LogP contribution >= 0.6 is 15.9 Å². The van der Waals surface area contributed by atoms with E-state index in [0.29, 0.717) is 6.54 Å². The zero-order chi connectivity index (χ0) is 16.0. The van der Waals surface area contributed by atoms with Crippen LogP contribution < -0.4 is 5.32 Å². The Morgan fingerprint density at radius 2 is 1.86 bits per heavy atom. The highest BCUT2D eigenvalue weighted by molar-refractivity contribution is 9.10. The summed E-state index contributed by atoms with van der Waals surface area (Å²) in [6.45, 7) is 0.187. The van der Waals surface area contributed by atoms with Gasteiger partial charge >= 0.3 is 5.97 Å². The molecule has 0 atom stereocenters. The van der Waals surface area contributed by atoms with E-state index in [1.54, 1.807) is 0 Å². The van der Waals surface area contributed by atoms with E-state index in [1.807, 2.05) is 24.3 Å². The lowest BCUT2D eigenvalue weighted by molar-refractivity contribution is -0.142. The van der Waals surface area contributed by atoms with E-state index < -0.39 is 11.4 Å². The van der Waals surface area contributed by atoms with Crippen molar-refractivity contribution in [1.29, 1.82) is 0 Å². The largest absolute Gasteiger partial charge is 0.480 e. The van der Waals surface area contributed by atoms with Crippen LogP contribution in [-0.2, 0) is 19.7 Å². The molecule has 1 aliphatic rings. The van der Waals surface area contributed by atoms with Gasteiger partial charge in [-0.1, -0.05) is 40.9 Å². The summed E-state index contributed by atoms with van der Waals surface area (Å²) in [4.78, 5) is 23.0. The fourth-order valence-corrected chi connectivity index (χ4v) is 3.22. The third-order valence-electron chi connectivity index (χ3n) is 4.05. The first-order chi connectivity index (χ1) is 10.5. The Balaban J connectivity index is 1.97. The summed E-state index contributed by atoms with van der Waals surface area (Å²) in [6, 6.07) is 7.91. The minimum Gasteiger partial charge on any atom is -0.480 e. The number of halogens is 1. The monoisotopic (exact) mass is 369 g/mol. The van der Waals surface area contributed by atoms with Crippen LogP contribution in [0, 0.1) is 0 Å². The molecule has 0 spiro atoms. The maximum absolute atomic E-state index is 12.7. The number of carbonyl (C=O) groups is 2. The minimum absolute atomic E-state index is 0.00578. The first-order valence-corrected chi connectivity index (χ1v) is 8.18. The summed E-state index contributed by atoms with van der Waals surface area (Å²) in [7, 11) is 0. The number of amides is 1. The fourth-order valence-electron chi connectivity index (χ4n) is 2.96. The zero-order valence-electron chi connectivity index (χ0n) is 12.3. The van der Waals surface area contributed by atoms with Crippen LogP contribution in [0.3, 0.4) is 0 Å². The second-order valence-electron chi connectivity index (χ2n) is 5.50. The molecule has 0 heterocycles. The Labute approximate surface area is 138 Å². The quantitative estimate of drug-likeness (QED) is 0.723. The molecule has 0 aliphatic heterocycles. The number of nitrogens with one attached hydrogen (secondary N) is 1. The standard InChI is InChI=1S/C16H20BrNO4/c17-13-5-3-12(4-6-13)16(7-1-2-8-16)15(21)18-9-10-22-11-14(19)20/h3-6H,1-2,7-11H2,(H,18,21)(H,19,20). The van der Waals surface area contributed by atoms with Gasteiger partial charge in [-0.3, -0.25) is 4.79 Å². The molecule has 6 heteroatoms. The van der Waals surface area contributed by atoms with E-state index in [4.69, 9.17) is 9.84 Å². The van der Waals surface area contributed by atoms with Gasteiger partial charge in [0.25, 0.3) is 0 Å². The van der Waals surface area contributed by atoms with Crippen molar-refractivity contribution in [3.05, 3.63) is 34.3 Å². The van der Waals surface area contributed by atoms with Gasteiger partial charge in [-0.05, 0) is 30.5 Å². The van der Waals surface area contributed by atoms with E-state index in [0.717, 1.165) is 35.7 Å². The Morgan fingerprint density at radius 1 is 1.23 bits per heavy atom. The van der Waals surface area contributed by atoms with E-state index >= 15 is 0 Å². The first kappa shape index (κ1) is 17.0. The van der Waals surface area contributed by atoms with Gasteiger partial charge in [0.05, 0.1) is 12.0 Å². The number of carbonyl (C=O) groups excluding carboxylic acids is 1. The molecule has 0 aromatic heterocycles. The van der Waals surface area contributed by atoms with E-state index in [-0.39, 0.29) is 19.1 Å². The van der Waals surface area contributed by atoms with Crippen molar-refractivity contribution in [2.24, 2.45) is 0 Å². The number of rotatable bonds is 7. The van der Waals surface area contributed by atoms with Crippen LogP contribution in [-0.4, -0.2) is 36.7 Å². The molecule has 0 saturated heterocycles. The second kappa shape index (κ2) is 7.74. The SMILES string of the molecule is O=C(O)COCCNC(=O)C1(c2ccc(Br)cc2)CCCC1. The molecule has 1 saturated carbocycles. The van der Waals surface area contributed by atoms with Gasteiger partial charge in [-0.2, -0.15) is 0 Å². The van der Waals surface area contributed by atoms with Gasteiger partial charge < -0.3 is 15.2 Å². The molecule has 1 aromatic rings. The predicted molar refractivity (Wildman–Crippen MR) is 85.8 cm³/mol. The van der Waals surface area contributed by atoms with Crippen molar-refractivity contribution in [3.63, 3.8) is 0 Å². The molecule has 0 bridgehead atoms. The molecule has 2 rings (SSSR count). The maximum atomic E-state index is 12.7. The van der Waals surface area contributed by atoms with Gasteiger partial charge in [0, 0.05) is 11.0 Å². The number of ether oxygens (including phenoxy) is 1. The predicted octanol–water partition coefficient (Wildman–Crippen LogP) is 2.48. The van der Waals surface area contributed by atoms with Crippen molar-refractivity contribution in [1.82, 2.24) is 5.32 Å². The number of carboxylic acid groups (broad SMARTS) is 1. The molecular weight excluding hydrogens is 350 g/mol. The van der Waals surface area contributed by atoms with Crippen molar-refractivity contribution >= 4 is 27.8 Å². The lowest BCUT2D eigenvalue weighted by Gasteiger charge is -2.28. The summed E-state index contributed by atoms with van der Waals surface area (Å²) in [5.41, 5.74) is 0.574. The fraction of sp³-hybridized carbons (Fsp3) is 0.500. The first-order valence-electron chi connectivity index (χ1n) is 7.38. The number of aliphatic carboxylic acids is 1. The molecule has 0 unspecified atom stereocenters. The van der Waals surface area contributed by atoms with Gasteiger partial charge in [-0.25, -0.2) is 4.79 Å². The lowest BCUT2D eigenvalue weighted by Crippen LogP contribution is -2.43. The lowest BCUT2D eigenvalue weighted by atomic mass is 9.78. The Bertz CT molecular complexity index is 523. The zero-order valence-corrected chi connectivity index (χ0v) is 13.9. The Morgan fingerprint density at radius 3 is 2.45 bits per heavy atom. The highest BCUT2D eigenvalue weighted by atomic mass is 79.9. The number of benzene rings is 1. The average molecular weight is 370 g/mol. The molecule has 22 heavy (non-hydrogen) atoms. The molecule has 1 fully saturated rings. The van der Waals surface area contributed by atoms with Crippen molar-refractivity contribution in [3.8, 4) is 0 Å². The molecule has 120 valence electrons. The topological polar surface area (TPSA) is 75.6 Å². The molecule has 2 N–H and O–H groups in total. The van der Waals surface area contributed by atoms with Gasteiger partial charge in [0.1, 0.15) is 6.61 Å². The highest BCUT2D eigenvalue weighted by Crippen LogP contribution is 2.41. The van der Waals surface area contributed by atoms with Gasteiger partial charge in [0.2, 0.25) is 5.91 Å². The summed E-state index contributed by atoms with van der Waals surface area (Å²) in [5.74, 6) is -1.00. The smallest absolute Gasteiger partial charge is 0.329 e.